The van der Waals surface area contributed by atoms with Gasteiger partial charge >= 0.3 is 0 Å². The van der Waals surface area contributed by atoms with Crippen LogP contribution in [0.4, 0.5) is 0 Å². The molecule has 2 unspecified atom stereocenters. The summed E-state index contributed by atoms with van der Waals surface area (Å²) >= 11 is 0. The number of carbonyl (C=O) groups excluding carboxylic acids is 1. The van der Waals surface area contributed by atoms with Crippen molar-refractivity contribution in [3.05, 3.63) is 18.5 Å². The molecule has 7 heteroatoms. The van der Waals surface area contributed by atoms with Gasteiger partial charge in [0.15, 0.2) is 0 Å². The monoisotopic (exact) mass is 308 g/mol. The number of halogens is 2. The Hall–Kier alpha value is -0.780. The van der Waals surface area contributed by atoms with Gasteiger partial charge in [-0.2, -0.15) is 5.10 Å². The third-order valence-corrected chi connectivity index (χ3v) is 3.27. The number of amides is 1. The van der Waals surface area contributed by atoms with E-state index in [0.717, 1.165) is 19.6 Å². The first kappa shape index (κ1) is 18.2. The number of rotatable bonds is 4. The molecule has 19 heavy (non-hydrogen) atoms. The van der Waals surface area contributed by atoms with Crippen LogP contribution in [0.15, 0.2) is 18.5 Å². The fraction of sp³-hybridized carbons (Fsp3) is 0.667. The topological polar surface area (TPSA) is 59.0 Å². The van der Waals surface area contributed by atoms with Crippen LogP contribution in [0.25, 0.3) is 0 Å². The molecular weight excluding hydrogens is 287 g/mol. The first-order valence-electron chi connectivity index (χ1n) is 6.25. The Labute approximate surface area is 126 Å². The van der Waals surface area contributed by atoms with Crippen molar-refractivity contribution in [2.75, 3.05) is 19.6 Å². The predicted molar refractivity (Wildman–Crippen MR) is 80.0 cm³/mol. The Balaban J connectivity index is 0.00000162. The standard InChI is InChI=1S/C12H20N4O.2ClH/c1-10(16-7-3-6-15-16)12(17)14-9-11-4-2-5-13-8-11;;/h3,6-7,10-11,13H,2,4-5,8-9H2,1H3,(H,14,17);2*1H. The van der Waals surface area contributed by atoms with Crippen LogP contribution in [0, 0.1) is 5.92 Å². The Morgan fingerprint density at radius 2 is 2.37 bits per heavy atom. The van der Waals surface area contributed by atoms with E-state index in [1.807, 2.05) is 19.2 Å². The number of piperidine rings is 1. The summed E-state index contributed by atoms with van der Waals surface area (Å²) in [6.45, 7) is 4.74. The molecule has 1 amide bonds. The van der Waals surface area contributed by atoms with Gasteiger partial charge in [-0.1, -0.05) is 0 Å². The fourth-order valence-electron chi connectivity index (χ4n) is 2.12. The quantitative estimate of drug-likeness (QED) is 0.884. The second kappa shape index (κ2) is 9.18. The van der Waals surface area contributed by atoms with Gasteiger partial charge in [-0.25, -0.2) is 0 Å². The van der Waals surface area contributed by atoms with Gasteiger partial charge in [-0.05, 0) is 44.8 Å². The highest BCUT2D eigenvalue weighted by molar-refractivity contribution is 5.85. The van der Waals surface area contributed by atoms with Gasteiger partial charge in [-0.15, -0.1) is 24.8 Å². The fourth-order valence-corrected chi connectivity index (χ4v) is 2.12. The number of nitrogens with zero attached hydrogens (tertiary/aromatic N) is 2. The smallest absolute Gasteiger partial charge is 0.244 e. The minimum absolute atomic E-state index is 0. The zero-order chi connectivity index (χ0) is 12.1. The van der Waals surface area contributed by atoms with E-state index in [1.54, 1.807) is 10.9 Å². The first-order valence-corrected chi connectivity index (χ1v) is 6.25. The van der Waals surface area contributed by atoms with Crippen molar-refractivity contribution < 1.29 is 4.79 Å². The molecule has 110 valence electrons. The number of nitrogens with one attached hydrogen (secondary N) is 2. The van der Waals surface area contributed by atoms with Crippen molar-refractivity contribution in [2.45, 2.75) is 25.8 Å². The van der Waals surface area contributed by atoms with Gasteiger partial charge in [0.25, 0.3) is 0 Å². The average molecular weight is 309 g/mol. The molecule has 1 saturated heterocycles. The van der Waals surface area contributed by atoms with Crippen LogP contribution in [0.2, 0.25) is 0 Å². The van der Waals surface area contributed by atoms with Crippen LogP contribution in [-0.2, 0) is 4.79 Å². The normalized spacial score (nSPS) is 19.7. The summed E-state index contributed by atoms with van der Waals surface area (Å²) in [5, 5.41) is 10.4. The van der Waals surface area contributed by atoms with Crippen molar-refractivity contribution in [3.63, 3.8) is 0 Å². The Kier molecular flexibility index (Phi) is 8.80. The molecule has 1 aliphatic heterocycles. The third kappa shape index (κ3) is 5.38. The van der Waals surface area contributed by atoms with E-state index in [9.17, 15) is 4.79 Å². The van der Waals surface area contributed by atoms with Crippen molar-refractivity contribution >= 4 is 30.7 Å². The Morgan fingerprint density at radius 3 is 2.95 bits per heavy atom. The summed E-state index contributed by atoms with van der Waals surface area (Å²) in [4.78, 5) is 11.9. The summed E-state index contributed by atoms with van der Waals surface area (Å²) in [5.41, 5.74) is 0. The van der Waals surface area contributed by atoms with Crippen molar-refractivity contribution in [1.29, 1.82) is 0 Å². The van der Waals surface area contributed by atoms with Crippen LogP contribution >= 0.6 is 24.8 Å². The molecule has 1 fully saturated rings. The molecule has 0 bridgehead atoms. The zero-order valence-electron chi connectivity index (χ0n) is 11.0. The average Bonchev–Trinajstić information content (AvgIpc) is 2.90. The second-order valence-corrected chi connectivity index (χ2v) is 4.62. The van der Waals surface area contributed by atoms with Crippen LogP contribution in [-0.4, -0.2) is 35.3 Å². The summed E-state index contributed by atoms with van der Waals surface area (Å²) in [6, 6.07) is 1.59. The second-order valence-electron chi connectivity index (χ2n) is 4.62. The summed E-state index contributed by atoms with van der Waals surface area (Å²) < 4.78 is 1.68. The molecular formula is C12H22Cl2N4O. The Morgan fingerprint density at radius 1 is 1.58 bits per heavy atom. The molecule has 5 nitrogen and oxygen atoms in total. The SMILES string of the molecule is CC(C(=O)NCC1CCCNC1)n1cccn1.Cl.Cl. The molecule has 1 aromatic rings. The summed E-state index contributed by atoms with van der Waals surface area (Å²) in [6.07, 6.45) is 5.90. The van der Waals surface area contributed by atoms with Gasteiger partial charge in [0.2, 0.25) is 5.91 Å². The zero-order valence-corrected chi connectivity index (χ0v) is 12.7. The van der Waals surface area contributed by atoms with Gasteiger partial charge in [0.1, 0.15) is 6.04 Å². The van der Waals surface area contributed by atoms with Crippen LogP contribution in [0.5, 0.6) is 0 Å². The minimum Gasteiger partial charge on any atom is -0.354 e. The van der Waals surface area contributed by atoms with E-state index >= 15 is 0 Å². The largest absolute Gasteiger partial charge is 0.354 e. The molecule has 2 N–H and O–H groups in total. The lowest BCUT2D eigenvalue weighted by atomic mass is 10.00. The summed E-state index contributed by atoms with van der Waals surface area (Å²) in [5.74, 6) is 0.608. The highest BCUT2D eigenvalue weighted by Crippen LogP contribution is 2.09. The van der Waals surface area contributed by atoms with E-state index in [2.05, 4.69) is 15.7 Å². The number of carbonyl (C=O) groups is 1. The molecule has 2 rings (SSSR count). The molecule has 2 atom stereocenters. The molecule has 1 aromatic heterocycles. The number of hydrogen-bond acceptors (Lipinski definition) is 3. The van der Waals surface area contributed by atoms with Gasteiger partial charge < -0.3 is 10.6 Å². The van der Waals surface area contributed by atoms with Gasteiger partial charge in [-0.3, -0.25) is 9.48 Å². The molecule has 0 radical (unpaired) electrons. The van der Waals surface area contributed by atoms with Crippen LogP contribution in [0.1, 0.15) is 25.8 Å². The Bertz CT molecular complexity index is 353. The lowest BCUT2D eigenvalue weighted by molar-refractivity contribution is -0.124. The molecule has 1 aliphatic rings. The van der Waals surface area contributed by atoms with Gasteiger partial charge in [0, 0.05) is 18.9 Å². The van der Waals surface area contributed by atoms with Crippen molar-refractivity contribution in [1.82, 2.24) is 20.4 Å². The number of hydrogen-bond donors (Lipinski definition) is 2. The van der Waals surface area contributed by atoms with Crippen molar-refractivity contribution in [3.8, 4) is 0 Å². The van der Waals surface area contributed by atoms with E-state index in [4.69, 9.17) is 0 Å². The highest BCUT2D eigenvalue weighted by atomic mass is 35.5. The van der Waals surface area contributed by atoms with Crippen molar-refractivity contribution in [2.24, 2.45) is 5.92 Å². The first-order chi connectivity index (χ1) is 8.27. The minimum atomic E-state index is -0.235. The maximum absolute atomic E-state index is 11.9. The maximum Gasteiger partial charge on any atom is 0.244 e. The highest BCUT2D eigenvalue weighted by Gasteiger charge is 2.17. The molecule has 0 saturated carbocycles. The lowest BCUT2D eigenvalue weighted by Crippen LogP contribution is -2.40. The van der Waals surface area contributed by atoms with Crippen LogP contribution in [0.3, 0.4) is 0 Å². The predicted octanol–water partition coefficient (Wildman–Crippen LogP) is 1.40. The van der Waals surface area contributed by atoms with Gasteiger partial charge in [0.05, 0.1) is 0 Å². The molecule has 2 heterocycles. The van der Waals surface area contributed by atoms with Crippen LogP contribution < -0.4 is 10.6 Å². The van der Waals surface area contributed by atoms with E-state index in [-0.39, 0.29) is 36.8 Å². The molecule has 0 spiro atoms. The molecule has 0 aromatic carbocycles. The van der Waals surface area contributed by atoms with E-state index in [0.29, 0.717) is 5.92 Å². The van der Waals surface area contributed by atoms with E-state index < -0.39 is 0 Å². The summed E-state index contributed by atoms with van der Waals surface area (Å²) in [7, 11) is 0. The maximum atomic E-state index is 11.9. The lowest BCUT2D eigenvalue weighted by Gasteiger charge is -2.23. The van der Waals surface area contributed by atoms with E-state index in [1.165, 1.54) is 12.8 Å². The number of aromatic nitrogens is 2. The molecule has 0 aliphatic carbocycles. The third-order valence-electron chi connectivity index (χ3n) is 3.27.